The Labute approximate surface area is 137 Å². The second-order valence-corrected chi connectivity index (χ2v) is 6.63. The fraction of sp³-hybridized carbons (Fsp3) is 0.692. The van der Waals surface area contributed by atoms with E-state index in [-0.39, 0.29) is 36.1 Å². The van der Waals surface area contributed by atoms with Crippen molar-refractivity contribution < 1.29 is 4.79 Å². The molecule has 4 nitrogen and oxygen atoms in total. The van der Waals surface area contributed by atoms with Crippen LogP contribution in [0.3, 0.4) is 0 Å². The van der Waals surface area contributed by atoms with Gasteiger partial charge in [-0.25, -0.2) is 4.98 Å². The molecule has 1 amide bonds. The molecule has 0 spiro atoms. The molecule has 0 unspecified atom stereocenters. The number of carbonyl (C=O) groups excluding carboxylic acids is 1. The van der Waals surface area contributed by atoms with E-state index in [0.29, 0.717) is 6.04 Å². The number of thiazole rings is 1. The van der Waals surface area contributed by atoms with Gasteiger partial charge in [-0.3, -0.25) is 4.79 Å². The summed E-state index contributed by atoms with van der Waals surface area (Å²) in [6.07, 6.45) is 2.02. The van der Waals surface area contributed by atoms with Crippen LogP contribution >= 0.6 is 36.2 Å². The molecule has 7 heteroatoms. The van der Waals surface area contributed by atoms with Gasteiger partial charge in [-0.05, 0) is 25.9 Å². The molecule has 1 aliphatic rings. The molecule has 0 aromatic carbocycles. The summed E-state index contributed by atoms with van der Waals surface area (Å²) in [5, 5.41) is 6.42. The Balaban J connectivity index is 0.00000180. The van der Waals surface area contributed by atoms with Crippen molar-refractivity contribution in [1.29, 1.82) is 0 Å². The SMILES string of the molecule is CC(C)(C)c1ncsc1C(=O)NC1CCNCC1.Cl.Cl. The second-order valence-electron chi connectivity index (χ2n) is 5.78. The fourth-order valence-corrected chi connectivity index (χ4v) is 3.06. The van der Waals surface area contributed by atoms with Gasteiger partial charge in [0.05, 0.1) is 11.2 Å². The first-order chi connectivity index (χ1) is 8.48. The van der Waals surface area contributed by atoms with E-state index in [0.717, 1.165) is 36.5 Å². The summed E-state index contributed by atoms with van der Waals surface area (Å²) in [6.45, 7) is 8.23. The number of amides is 1. The maximum absolute atomic E-state index is 12.3. The highest BCUT2D eigenvalue weighted by Crippen LogP contribution is 2.27. The van der Waals surface area contributed by atoms with Crippen LogP contribution in [0.5, 0.6) is 0 Å². The zero-order valence-electron chi connectivity index (χ0n) is 12.1. The van der Waals surface area contributed by atoms with Crippen LogP contribution in [-0.4, -0.2) is 30.0 Å². The normalized spacial score (nSPS) is 15.9. The van der Waals surface area contributed by atoms with Crippen LogP contribution in [0.1, 0.15) is 49.0 Å². The molecule has 2 heterocycles. The number of hydrogen-bond acceptors (Lipinski definition) is 4. The van der Waals surface area contributed by atoms with E-state index >= 15 is 0 Å². The first kappa shape index (κ1) is 19.6. The molecule has 116 valence electrons. The lowest BCUT2D eigenvalue weighted by atomic mass is 9.91. The Kier molecular flexibility index (Phi) is 8.03. The first-order valence-electron chi connectivity index (χ1n) is 6.44. The molecular formula is C13H23Cl2N3OS. The third kappa shape index (κ3) is 4.88. The predicted octanol–water partition coefficient (Wildman–Crippen LogP) is 2.77. The molecule has 2 N–H and O–H groups in total. The van der Waals surface area contributed by atoms with Crippen LogP contribution < -0.4 is 10.6 Å². The van der Waals surface area contributed by atoms with Gasteiger partial charge in [0.2, 0.25) is 0 Å². The smallest absolute Gasteiger partial charge is 0.263 e. The van der Waals surface area contributed by atoms with E-state index in [9.17, 15) is 4.79 Å². The van der Waals surface area contributed by atoms with Crippen molar-refractivity contribution in [3.63, 3.8) is 0 Å². The summed E-state index contributed by atoms with van der Waals surface area (Å²) in [5.41, 5.74) is 2.58. The van der Waals surface area contributed by atoms with Gasteiger partial charge in [0, 0.05) is 11.5 Å². The minimum atomic E-state index is -0.0825. The van der Waals surface area contributed by atoms with E-state index in [1.54, 1.807) is 5.51 Å². The summed E-state index contributed by atoms with van der Waals surface area (Å²) in [6, 6.07) is 0.300. The Morgan fingerprint density at radius 1 is 1.35 bits per heavy atom. The van der Waals surface area contributed by atoms with Gasteiger partial charge >= 0.3 is 0 Å². The Morgan fingerprint density at radius 2 is 1.95 bits per heavy atom. The van der Waals surface area contributed by atoms with Crippen molar-refractivity contribution in [3.05, 3.63) is 16.1 Å². The summed E-state index contributed by atoms with van der Waals surface area (Å²) < 4.78 is 0. The largest absolute Gasteiger partial charge is 0.348 e. The quantitative estimate of drug-likeness (QED) is 0.870. The van der Waals surface area contributed by atoms with Crippen molar-refractivity contribution in [1.82, 2.24) is 15.6 Å². The van der Waals surface area contributed by atoms with Crippen molar-refractivity contribution in [2.24, 2.45) is 0 Å². The van der Waals surface area contributed by atoms with E-state index in [1.807, 2.05) is 0 Å². The maximum Gasteiger partial charge on any atom is 0.263 e. The van der Waals surface area contributed by atoms with E-state index in [4.69, 9.17) is 0 Å². The first-order valence-corrected chi connectivity index (χ1v) is 7.32. The van der Waals surface area contributed by atoms with Crippen molar-refractivity contribution in [2.45, 2.75) is 45.1 Å². The standard InChI is InChI=1S/C13H21N3OS.2ClH/c1-13(2,3)11-10(18-8-15-11)12(17)16-9-4-6-14-7-5-9;;/h8-9,14H,4-7H2,1-3H3,(H,16,17);2*1H. The molecule has 1 saturated heterocycles. The van der Waals surface area contributed by atoms with E-state index in [2.05, 4.69) is 36.4 Å². The average Bonchev–Trinajstić information content (AvgIpc) is 2.79. The molecule has 2 rings (SSSR count). The van der Waals surface area contributed by atoms with Gasteiger partial charge in [-0.2, -0.15) is 0 Å². The molecule has 0 bridgehead atoms. The second kappa shape index (κ2) is 8.17. The van der Waals surface area contributed by atoms with Crippen LogP contribution in [0.25, 0.3) is 0 Å². The van der Waals surface area contributed by atoms with Gasteiger partial charge < -0.3 is 10.6 Å². The Morgan fingerprint density at radius 3 is 2.50 bits per heavy atom. The highest BCUT2D eigenvalue weighted by atomic mass is 35.5. The lowest BCUT2D eigenvalue weighted by Crippen LogP contribution is -2.43. The van der Waals surface area contributed by atoms with E-state index < -0.39 is 0 Å². The molecule has 1 fully saturated rings. The van der Waals surface area contributed by atoms with Crippen LogP contribution in [0.15, 0.2) is 5.51 Å². The number of rotatable bonds is 2. The molecule has 0 atom stereocenters. The summed E-state index contributed by atoms with van der Waals surface area (Å²) in [5.74, 6) is 0.0364. The minimum Gasteiger partial charge on any atom is -0.348 e. The van der Waals surface area contributed by atoms with Gasteiger partial charge in [-0.1, -0.05) is 20.8 Å². The summed E-state index contributed by atoms with van der Waals surface area (Å²) in [7, 11) is 0. The number of piperidine rings is 1. The molecular weight excluding hydrogens is 317 g/mol. The van der Waals surface area contributed by atoms with Crippen molar-refractivity contribution in [3.8, 4) is 0 Å². The highest BCUT2D eigenvalue weighted by molar-refractivity contribution is 7.11. The van der Waals surface area contributed by atoms with Gasteiger partial charge in [0.1, 0.15) is 4.88 Å². The van der Waals surface area contributed by atoms with Crippen LogP contribution in [0.4, 0.5) is 0 Å². The monoisotopic (exact) mass is 339 g/mol. The zero-order chi connectivity index (χ0) is 13.2. The maximum atomic E-state index is 12.3. The topological polar surface area (TPSA) is 54.0 Å². The molecule has 1 aliphatic heterocycles. The number of carbonyl (C=O) groups is 1. The Hall–Kier alpha value is -0.360. The fourth-order valence-electron chi connectivity index (χ4n) is 2.16. The molecule has 1 aromatic heterocycles. The van der Waals surface area contributed by atoms with Crippen molar-refractivity contribution in [2.75, 3.05) is 13.1 Å². The van der Waals surface area contributed by atoms with Gasteiger partial charge in [0.25, 0.3) is 5.91 Å². The summed E-state index contributed by atoms with van der Waals surface area (Å²) >= 11 is 1.43. The number of hydrogen-bond donors (Lipinski definition) is 2. The minimum absolute atomic E-state index is 0. The lowest BCUT2D eigenvalue weighted by molar-refractivity contribution is 0.0931. The third-order valence-electron chi connectivity index (χ3n) is 3.16. The third-order valence-corrected chi connectivity index (χ3v) is 3.98. The summed E-state index contributed by atoms with van der Waals surface area (Å²) in [4.78, 5) is 17.4. The molecule has 0 saturated carbocycles. The zero-order valence-corrected chi connectivity index (χ0v) is 14.5. The van der Waals surface area contributed by atoms with Gasteiger partial charge in [-0.15, -0.1) is 36.2 Å². The molecule has 0 aliphatic carbocycles. The number of nitrogens with one attached hydrogen (secondary N) is 2. The van der Waals surface area contributed by atoms with Crippen LogP contribution in [0.2, 0.25) is 0 Å². The van der Waals surface area contributed by atoms with Crippen LogP contribution in [0, 0.1) is 0 Å². The number of aromatic nitrogens is 1. The van der Waals surface area contributed by atoms with Crippen molar-refractivity contribution >= 4 is 42.1 Å². The van der Waals surface area contributed by atoms with Crippen LogP contribution in [-0.2, 0) is 5.41 Å². The molecule has 20 heavy (non-hydrogen) atoms. The van der Waals surface area contributed by atoms with E-state index in [1.165, 1.54) is 11.3 Å². The molecule has 0 radical (unpaired) electrons. The molecule has 1 aromatic rings. The van der Waals surface area contributed by atoms with Gasteiger partial charge in [0.15, 0.2) is 0 Å². The number of halogens is 2. The predicted molar refractivity (Wildman–Crippen MR) is 88.7 cm³/mol. The number of nitrogens with zero attached hydrogens (tertiary/aromatic N) is 1. The average molecular weight is 340 g/mol. The Bertz CT molecular complexity index is 425. The highest BCUT2D eigenvalue weighted by Gasteiger charge is 2.26. The lowest BCUT2D eigenvalue weighted by Gasteiger charge is -2.24.